The smallest absolute Gasteiger partial charge is 0.0518 e. The van der Waals surface area contributed by atoms with Gasteiger partial charge in [0.1, 0.15) is 0 Å². The van der Waals surface area contributed by atoms with Crippen LogP contribution in [0.2, 0.25) is 0 Å². The first kappa shape index (κ1) is 11.4. The Balaban J connectivity index is 1.92. The van der Waals surface area contributed by atoms with Gasteiger partial charge in [0.25, 0.3) is 0 Å². The van der Waals surface area contributed by atoms with Crippen molar-refractivity contribution < 1.29 is 0 Å². The summed E-state index contributed by atoms with van der Waals surface area (Å²) in [5.74, 6) is 0. The topological polar surface area (TPSA) is 15.3 Å². The van der Waals surface area contributed by atoms with Gasteiger partial charge in [0.2, 0.25) is 0 Å². The molecule has 1 aromatic rings. The average Bonchev–Trinajstić information content (AvgIpc) is 2.40. The molecular formula is C14H19BrN2. The first-order valence-electron chi connectivity index (χ1n) is 6.66. The van der Waals surface area contributed by atoms with E-state index in [0.29, 0.717) is 0 Å². The summed E-state index contributed by atoms with van der Waals surface area (Å²) in [5.41, 5.74) is 4.20. The van der Waals surface area contributed by atoms with E-state index < -0.39 is 0 Å². The van der Waals surface area contributed by atoms with Gasteiger partial charge in [-0.3, -0.25) is 0 Å². The van der Waals surface area contributed by atoms with E-state index in [1.807, 2.05) is 0 Å². The normalized spacial score (nSPS) is 19.7. The van der Waals surface area contributed by atoms with Crippen molar-refractivity contribution in [1.29, 1.82) is 0 Å². The van der Waals surface area contributed by atoms with Gasteiger partial charge in [-0.15, -0.1) is 0 Å². The van der Waals surface area contributed by atoms with Crippen LogP contribution < -0.4 is 10.2 Å². The van der Waals surface area contributed by atoms with Crippen molar-refractivity contribution in [2.24, 2.45) is 0 Å². The summed E-state index contributed by atoms with van der Waals surface area (Å²) in [6, 6.07) is 4.67. The Morgan fingerprint density at radius 1 is 1.06 bits per heavy atom. The van der Waals surface area contributed by atoms with Crippen LogP contribution >= 0.6 is 15.9 Å². The molecule has 0 saturated carbocycles. The standard InChI is InChI=1S/C14H19BrN2/c15-13-10-12(17-7-2-1-3-8-17)9-11-5-4-6-16-14(11)13/h9-10,16H,1-8H2. The lowest BCUT2D eigenvalue weighted by Gasteiger charge is -2.30. The summed E-state index contributed by atoms with van der Waals surface area (Å²) >= 11 is 3.71. The zero-order valence-corrected chi connectivity index (χ0v) is 11.7. The first-order valence-corrected chi connectivity index (χ1v) is 7.45. The summed E-state index contributed by atoms with van der Waals surface area (Å²) < 4.78 is 1.23. The van der Waals surface area contributed by atoms with Crippen LogP contribution in [0, 0.1) is 0 Å². The number of nitrogens with zero attached hydrogens (tertiary/aromatic N) is 1. The highest BCUT2D eigenvalue weighted by atomic mass is 79.9. The highest BCUT2D eigenvalue weighted by Gasteiger charge is 2.17. The summed E-state index contributed by atoms with van der Waals surface area (Å²) in [5, 5.41) is 3.50. The largest absolute Gasteiger partial charge is 0.384 e. The third kappa shape index (κ3) is 2.30. The lowest BCUT2D eigenvalue weighted by atomic mass is 10.0. The summed E-state index contributed by atoms with van der Waals surface area (Å²) in [4.78, 5) is 2.53. The minimum absolute atomic E-state index is 1.11. The van der Waals surface area contributed by atoms with Crippen LogP contribution in [-0.4, -0.2) is 19.6 Å². The number of hydrogen-bond donors (Lipinski definition) is 1. The Hall–Kier alpha value is -0.700. The highest BCUT2D eigenvalue weighted by Crippen LogP contribution is 2.35. The van der Waals surface area contributed by atoms with E-state index >= 15 is 0 Å². The summed E-state index contributed by atoms with van der Waals surface area (Å²) in [6.07, 6.45) is 6.54. The number of anilines is 2. The summed E-state index contributed by atoms with van der Waals surface area (Å²) in [7, 11) is 0. The number of rotatable bonds is 1. The Bertz CT molecular complexity index is 411. The fourth-order valence-corrected chi connectivity index (χ4v) is 3.50. The molecule has 1 saturated heterocycles. The van der Waals surface area contributed by atoms with E-state index in [0.717, 1.165) is 6.54 Å². The van der Waals surface area contributed by atoms with Gasteiger partial charge in [-0.1, -0.05) is 0 Å². The molecule has 3 rings (SSSR count). The molecule has 2 aliphatic heterocycles. The molecule has 0 unspecified atom stereocenters. The van der Waals surface area contributed by atoms with Crippen molar-refractivity contribution in [3.63, 3.8) is 0 Å². The number of fused-ring (bicyclic) bond motifs is 1. The molecule has 92 valence electrons. The van der Waals surface area contributed by atoms with Crippen LogP contribution in [0.1, 0.15) is 31.2 Å². The Labute approximate surface area is 112 Å². The van der Waals surface area contributed by atoms with E-state index in [9.17, 15) is 0 Å². The number of halogens is 1. The maximum atomic E-state index is 3.71. The Kier molecular flexibility index (Phi) is 3.28. The second-order valence-electron chi connectivity index (χ2n) is 5.04. The SMILES string of the molecule is Brc1cc(N2CCCCC2)cc2c1NCCC2. The van der Waals surface area contributed by atoms with Gasteiger partial charge in [0.05, 0.1) is 5.69 Å². The van der Waals surface area contributed by atoms with E-state index in [4.69, 9.17) is 0 Å². The molecule has 1 fully saturated rings. The van der Waals surface area contributed by atoms with Crippen LogP contribution in [0.15, 0.2) is 16.6 Å². The van der Waals surface area contributed by atoms with E-state index in [1.54, 1.807) is 0 Å². The molecule has 0 amide bonds. The zero-order valence-electron chi connectivity index (χ0n) is 10.1. The minimum Gasteiger partial charge on any atom is -0.384 e. The third-order valence-electron chi connectivity index (χ3n) is 3.80. The molecule has 0 aromatic heterocycles. The number of piperidine rings is 1. The molecule has 2 aliphatic rings. The molecule has 1 N–H and O–H groups in total. The second kappa shape index (κ2) is 4.89. The van der Waals surface area contributed by atoms with Gasteiger partial charge in [-0.2, -0.15) is 0 Å². The number of hydrogen-bond acceptors (Lipinski definition) is 2. The van der Waals surface area contributed by atoms with E-state index in [2.05, 4.69) is 38.3 Å². The fraction of sp³-hybridized carbons (Fsp3) is 0.571. The maximum absolute atomic E-state index is 3.71. The van der Waals surface area contributed by atoms with Gasteiger partial charge < -0.3 is 10.2 Å². The van der Waals surface area contributed by atoms with Gasteiger partial charge in [0, 0.05) is 29.8 Å². The molecule has 0 aliphatic carbocycles. The van der Waals surface area contributed by atoms with Gasteiger partial charge in [0.15, 0.2) is 0 Å². The van der Waals surface area contributed by atoms with Crippen molar-refractivity contribution in [3.8, 4) is 0 Å². The number of aryl methyl sites for hydroxylation is 1. The maximum Gasteiger partial charge on any atom is 0.0518 e. The predicted octanol–water partition coefficient (Wildman–Crippen LogP) is 3.80. The lowest BCUT2D eigenvalue weighted by molar-refractivity contribution is 0.577. The molecule has 17 heavy (non-hydrogen) atoms. The monoisotopic (exact) mass is 294 g/mol. The second-order valence-corrected chi connectivity index (χ2v) is 5.89. The molecule has 3 heteroatoms. The lowest BCUT2D eigenvalue weighted by Crippen LogP contribution is -2.29. The first-order chi connectivity index (χ1) is 8.34. The Morgan fingerprint density at radius 3 is 2.71 bits per heavy atom. The highest BCUT2D eigenvalue weighted by molar-refractivity contribution is 9.10. The molecule has 1 aromatic carbocycles. The zero-order chi connectivity index (χ0) is 11.7. The van der Waals surface area contributed by atoms with Crippen molar-refractivity contribution >= 4 is 27.3 Å². The summed E-state index contributed by atoms with van der Waals surface area (Å²) in [6.45, 7) is 3.55. The molecule has 0 atom stereocenters. The van der Waals surface area contributed by atoms with E-state index in [1.165, 1.54) is 66.6 Å². The van der Waals surface area contributed by atoms with Crippen LogP contribution in [0.4, 0.5) is 11.4 Å². The molecule has 0 bridgehead atoms. The van der Waals surface area contributed by atoms with Crippen molar-refractivity contribution in [1.82, 2.24) is 0 Å². The van der Waals surface area contributed by atoms with Gasteiger partial charge in [-0.25, -0.2) is 0 Å². The van der Waals surface area contributed by atoms with Crippen LogP contribution in [-0.2, 0) is 6.42 Å². The van der Waals surface area contributed by atoms with E-state index in [-0.39, 0.29) is 0 Å². The van der Waals surface area contributed by atoms with Crippen molar-refractivity contribution in [2.75, 3.05) is 29.9 Å². The van der Waals surface area contributed by atoms with Crippen LogP contribution in [0.5, 0.6) is 0 Å². The predicted molar refractivity (Wildman–Crippen MR) is 77.0 cm³/mol. The van der Waals surface area contributed by atoms with Gasteiger partial charge in [-0.05, 0) is 65.7 Å². The minimum atomic E-state index is 1.11. The Morgan fingerprint density at radius 2 is 1.88 bits per heavy atom. The van der Waals surface area contributed by atoms with Crippen molar-refractivity contribution in [2.45, 2.75) is 32.1 Å². The molecular weight excluding hydrogens is 276 g/mol. The number of nitrogens with one attached hydrogen (secondary N) is 1. The average molecular weight is 295 g/mol. The number of benzene rings is 1. The van der Waals surface area contributed by atoms with Crippen molar-refractivity contribution in [3.05, 3.63) is 22.2 Å². The van der Waals surface area contributed by atoms with Crippen LogP contribution in [0.25, 0.3) is 0 Å². The molecule has 2 heterocycles. The quantitative estimate of drug-likeness (QED) is 0.848. The molecule has 2 nitrogen and oxygen atoms in total. The third-order valence-corrected chi connectivity index (χ3v) is 4.43. The fourth-order valence-electron chi connectivity index (χ4n) is 2.87. The van der Waals surface area contributed by atoms with Gasteiger partial charge >= 0.3 is 0 Å². The molecule has 0 spiro atoms. The van der Waals surface area contributed by atoms with Crippen LogP contribution in [0.3, 0.4) is 0 Å². The molecule has 0 radical (unpaired) electrons.